The smallest absolute Gasteiger partial charge is 0.383 e. The van der Waals surface area contributed by atoms with Crippen molar-refractivity contribution in [2.75, 3.05) is 6.61 Å². The molecule has 2 aromatic rings. The molecule has 0 spiro atoms. The maximum absolute atomic E-state index is 13.0. The highest BCUT2D eigenvalue weighted by Gasteiger charge is 2.41. The topological polar surface area (TPSA) is 63.6 Å². The number of hydrogen-bond acceptors (Lipinski definition) is 4. The summed E-state index contributed by atoms with van der Waals surface area (Å²) >= 11 is 17.2. The van der Waals surface area contributed by atoms with Gasteiger partial charge in [-0.2, -0.15) is 21.6 Å². The van der Waals surface area contributed by atoms with Crippen LogP contribution in [0.2, 0.25) is 0 Å². The molecule has 1 N–H and O–H groups in total. The van der Waals surface area contributed by atoms with Crippen LogP contribution in [0.1, 0.15) is 23.1 Å². The molecule has 0 aromatic heterocycles. The molecule has 0 saturated heterocycles. The normalized spacial score (nSPS) is 15.2. The zero-order valence-electron chi connectivity index (χ0n) is 14.9. The van der Waals surface area contributed by atoms with Gasteiger partial charge >= 0.3 is 6.18 Å². The molecule has 4 nitrogen and oxygen atoms in total. The molecule has 0 fully saturated rings. The van der Waals surface area contributed by atoms with Crippen molar-refractivity contribution >= 4 is 44.9 Å². The van der Waals surface area contributed by atoms with Gasteiger partial charge in [0.15, 0.2) is 3.79 Å². The molecule has 0 aliphatic rings. The summed E-state index contributed by atoms with van der Waals surface area (Å²) in [4.78, 5) is -0.191. The first-order valence-electron chi connectivity index (χ1n) is 8.05. The van der Waals surface area contributed by atoms with Crippen LogP contribution in [-0.2, 0) is 26.1 Å². The maximum Gasteiger partial charge on any atom is 0.416 e. The Kier molecular flexibility index (Phi) is 7.20. The molecular weight excluding hydrogens is 476 g/mol. The van der Waals surface area contributed by atoms with E-state index >= 15 is 0 Å². The zero-order chi connectivity index (χ0) is 22.1. The minimum atomic E-state index is -4.69. The summed E-state index contributed by atoms with van der Waals surface area (Å²) in [6, 6.07) is 9.32. The molecule has 29 heavy (non-hydrogen) atoms. The molecule has 0 amide bonds. The monoisotopic (exact) mass is 490 g/mol. The summed E-state index contributed by atoms with van der Waals surface area (Å²) < 4.78 is 66.7. The van der Waals surface area contributed by atoms with Gasteiger partial charge in [-0.3, -0.25) is 4.18 Å². The highest BCUT2D eigenvalue weighted by molar-refractivity contribution is 7.86. The predicted molar refractivity (Wildman–Crippen MR) is 105 cm³/mol. The SMILES string of the molecule is Cc1ccc(S(=O)(=O)OCC(O)(CC(Cl)(Cl)Cl)c2cccc(C(F)(F)F)c2)cc1. The molecule has 0 bridgehead atoms. The van der Waals surface area contributed by atoms with Gasteiger partial charge in [-0.1, -0.05) is 64.6 Å². The van der Waals surface area contributed by atoms with E-state index in [1.165, 1.54) is 24.3 Å². The minimum absolute atomic E-state index is 0.191. The first-order chi connectivity index (χ1) is 13.1. The van der Waals surface area contributed by atoms with Crippen molar-refractivity contribution in [1.82, 2.24) is 0 Å². The van der Waals surface area contributed by atoms with Gasteiger partial charge in [-0.05, 0) is 36.8 Å². The summed E-state index contributed by atoms with van der Waals surface area (Å²) in [6.07, 6.45) is -5.40. The van der Waals surface area contributed by atoms with E-state index in [9.17, 15) is 26.7 Å². The van der Waals surface area contributed by atoms with Crippen molar-refractivity contribution in [3.63, 3.8) is 0 Å². The molecule has 0 saturated carbocycles. The molecule has 160 valence electrons. The van der Waals surface area contributed by atoms with Crippen molar-refractivity contribution in [3.8, 4) is 0 Å². The van der Waals surface area contributed by atoms with E-state index in [0.29, 0.717) is 6.07 Å². The second kappa shape index (κ2) is 8.61. The maximum atomic E-state index is 13.0. The van der Waals surface area contributed by atoms with Gasteiger partial charge in [0.1, 0.15) is 5.60 Å². The van der Waals surface area contributed by atoms with Crippen LogP contribution >= 0.6 is 34.8 Å². The van der Waals surface area contributed by atoms with Crippen LogP contribution in [0.4, 0.5) is 13.2 Å². The molecule has 1 unspecified atom stereocenters. The van der Waals surface area contributed by atoms with Gasteiger partial charge in [0.05, 0.1) is 17.1 Å². The van der Waals surface area contributed by atoms with Crippen LogP contribution in [0, 0.1) is 6.92 Å². The molecule has 1 atom stereocenters. The Bertz CT molecular complexity index is 958. The van der Waals surface area contributed by atoms with Crippen LogP contribution in [0.15, 0.2) is 53.4 Å². The lowest BCUT2D eigenvalue weighted by Gasteiger charge is -2.31. The second-order valence-electron chi connectivity index (χ2n) is 6.43. The van der Waals surface area contributed by atoms with E-state index in [-0.39, 0.29) is 10.5 Å². The molecule has 0 aliphatic carbocycles. The third kappa shape index (κ3) is 6.73. The van der Waals surface area contributed by atoms with Crippen molar-refractivity contribution < 1.29 is 30.9 Å². The lowest BCUT2D eigenvalue weighted by molar-refractivity contribution is -0.137. The predicted octanol–water partition coefficient (Wildman–Crippen LogP) is 5.37. The average Bonchev–Trinajstić information content (AvgIpc) is 2.58. The number of aryl methyl sites for hydroxylation is 1. The third-order valence-electron chi connectivity index (χ3n) is 3.98. The Hall–Kier alpha value is -1.03. The van der Waals surface area contributed by atoms with Crippen molar-refractivity contribution in [1.29, 1.82) is 0 Å². The van der Waals surface area contributed by atoms with Crippen molar-refractivity contribution in [2.24, 2.45) is 0 Å². The molecule has 2 rings (SSSR count). The summed E-state index contributed by atoms with van der Waals surface area (Å²) in [6.45, 7) is 0.795. The van der Waals surface area contributed by atoms with E-state index in [4.69, 9.17) is 39.0 Å². The first kappa shape index (κ1) is 24.2. The van der Waals surface area contributed by atoms with Crippen molar-refractivity contribution in [2.45, 2.75) is 33.8 Å². The lowest BCUT2D eigenvalue weighted by atomic mass is 9.90. The summed E-state index contributed by atoms with van der Waals surface area (Å²) in [5.74, 6) is 0. The summed E-state index contributed by atoms with van der Waals surface area (Å²) in [5.41, 5.74) is -2.89. The number of aliphatic hydroxyl groups is 1. The highest BCUT2D eigenvalue weighted by Crippen LogP contribution is 2.41. The molecular formula is C18H16Cl3F3O4S. The van der Waals surface area contributed by atoms with Gasteiger partial charge in [0, 0.05) is 6.42 Å². The minimum Gasteiger partial charge on any atom is -0.383 e. The van der Waals surface area contributed by atoms with Gasteiger partial charge in [-0.15, -0.1) is 0 Å². The molecule has 0 heterocycles. The quantitative estimate of drug-likeness (QED) is 0.436. The third-order valence-corrected chi connectivity index (χ3v) is 5.66. The number of benzene rings is 2. The largest absolute Gasteiger partial charge is 0.416 e. The van der Waals surface area contributed by atoms with Crippen molar-refractivity contribution in [3.05, 3.63) is 65.2 Å². The molecule has 2 aromatic carbocycles. The van der Waals surface area contributed by atoms with Crippen LogP contribution < -0.4 is 0 Å². The summed E-state index contributed by atoms with van der Waals surface area (Å²) in [5, 5.41) is 11.0. The Balaban J connectivity index is 2.39. The Labute approximate surface area is 181 Å². The number of rotatable bonds is 6. The van der Waals surface area contributed by atoms with E-state index in [2.05, 4.69) is 0 Å². The van der Waals surface area contributed by atoms with Crippen LogP contribution in [-0.4, -0.2) is 23.9 Å². The molecule has 0 radical (unpaired) electrons. The zero-order valence-corrected chi connectivity index (χ0v) is 18.0. The molecule has 0 aliphatic heterocycles. The standard InChI is InChI=1S/C18H16Cl3F3O4S/c1-12-5-7-15(8-6-12)29(26,27)28-11-16(25,10-17(19,20)21)13-3-2-4-14(9-13)18(22,23)24/h2-9,25H,10-11H2,1H3. The van der Waals surface area contributed by atoms with E-state index < -0.39 is 44.3 Å². The fourth-order valence-electron chi connectivity index (χ4n) is 2.50. The lowest BCUT2D eigenvalue weighted by Crippen LogP contribution is -2.37. The Morgan fingerprint density at radius 3 is 2.07 bits per heavy atom. The summed E-state index contributed by atoms with van der Waals surface area (Å²) in [7, 11) is -4.32. The number of halogens is 6. The molecule has 11 heteroatoms. The Morgan fingerprint density at radius 1 is 1.00 bits per heavy atom. The van der Waals surface area contributed by atoms with Gasteiger partial charge < -0.3 is 5.11 Å². The number of hydrogen-bond donors (Lipinski definition) is 1. The van der Waals surface area contributed by atoms with Crippen LogP contribution in [0.3, 0.4) is 0 Å². The van der Waals surface area contributed by atoms with Crippen LogP contribution in [0.5, 0.6) is 0 Å². The first-order valence-corrected chi connectivity index (χ1v) is 10.6. The fourth-order valence-corrected chi connectivity index (χ4v) is 4.12. The second-order valence-corrected chi connectivity index (χ2v) is 10.6. The number of alkyl halides is 6. The van der Waals surface area contributed by atoms with Crippen LogP contribution in [0.25, 0.3) is 0 Å². The Morgan fingerprint density at radius 2 is 1.55 bits per heavy atom. The van der Waals surface area contributed by atoms with Gasteiger partial charge in [-0.25, -0.2) is 0 Å². The van der Waals surface area contributed by atoms with E-state index in [0.717, 1.165) is 23.8 Å². The van der Waals surface area contributed by atoms with E-state index in [1.807, 2.05) is 0 Å². The van der Waals surface area contributed by atoms with E-state index in [1.54, 1.807) is 6.92 Å². The average molecular weight is 492 g/mol. The van der Waals surface area contributed by atoms with Gasteiger partial charge in [0.2, 0.25) is 0 Å². The highest BCUT2D eigenvalue weighted by atomic mass is 35.6. The van der Waals surface area contributed by atoms with Gasteiger partial charge in [0.25, 0.3) is 10.1 Å². The fraction of sp³-hybridized carbons (Fsp3) is 0.333.